The lowest BCUT2D eigenvalue weighted by molar-refractivity contribution is 0.318. The van der Waals surface area contributed by atoms with Gasteiger partial charge >= 0.3 is 0 Å². The Morgan fingerprint density at radius 2 is 2.15 bits per heavy atom. The van der Waals surface area contributed by atoms with Crippen molar-refractivity contribution in [3.63, 3.8) is 0 Å². The monoisotopic (exact) mass is 274 g/mol. The van der Waals surface area contributed by atoms with Crippen LogP contribution >= 0.6 is 0 Å². The largest absolute Gasteiger partial charge is 0.409 e. The predicted molar refractivity (Wildman–Crippen MR) is 75.8 cm³/mol. The van der Waals surface area contributed by atoms with Gasteiger partial charge in [-0.05, 0) is 31.2 Å². The van der Waals surface area contributed by atoms with E-state index in [1.807, 2.05) is 6.92 Å². The molecule has 0 fully saturated rings. The summed E-state index contributed by atoms with van der Waals surface area (Å²) in [4.78, 5) is 5.92. The molecule has 0 bridgehead atoms. The maximum absolute atomic E-state index is 13.9. The van der Waals surface area contributed by atoms with Crippen LogP contribution in [0.15, 0.2) is 47.8 Å². The lowest BCUT2D eigenvalue weighted by Crippen LogP contribution is -2.20. The van der Waals surface area contributed by atoms with Gasteiger partial charge in [0.1, 0.15) is 11.6 Å². The summed E-state index contributed by atoms with van der Waals surface area (Å²) in [7, 11) is 0. The predicted octanol–water partition coefficient (Wildman–Crippen LogP) is 2.47. The normalized spacial score (nSPS) is 11.4. The maximum Gasteiger partial charge on any atom is 0.170 e. The second-order valence-electron chi connectivity index (χ2n) is 4.08. The molecule has 2 aromatic rings. The van der Waals surface area contributed by atoms with Crippen molar-refractivity contribution in [2.24, 2.45) is 10.9 Å². The Balaban J connectivity index is 2.45. The highest BCUT2D eigenvalue weighted by Crippen LogP contribution is 2.26. The Morgan fingerprint density at radius 3 is 2.80 bits per heavy atom. The molecule has 0 atom stereocenters. The quantitative estimate of drug-likeness (QED) is 0.389. The van der Waals surface area contributed by atoms with Crippen LogP contribution < -0.4 is 10.6 Å². The molecule has 0 radical (unpaired) electrons. The smallest absolute Gasteiger partial charge is 0.170 e. The molecule has 0 aliphatic rings. The number of nitrogens with zero attached hydrogens (tertiary/aromatic N) is 3. The van der Waals surface area contributed by atoms with E-state index < -0.39 is 0 Å². The zero-order valence-corrected chi connectivity index (χ0v) is 11.0. The molecule has 6 heteroatoms. The van der Waals surface area contributed by atoms with Gasteiger partial charge in [-0.2, -0.15) is 0 Å². The fourth-order valence-corrected chi connectivity index (χ4v) is 1.91. The number of aromatic nitrogens is 1. The lowest BCUT2D eigenvalue weighted by Gasteiger charge is -2.22. The van der Waals surface area contributed by atoms with Crippen LogP contribution in [0.3, 0.4) is 0 Å². The summed E-state index contributed by atoms with van der Waals surface area (Å²) in [6.07, 6.45) is 1.53. The number of nitrogens with two attached hydrogens (primary N) is 1. The van der Waals surface area contributed by atoms with Gasteiger partial charge in [0.2, 0.25) is 0 Å². The van der Waals surface area contributed by atoms with Gasteiger partial charge < -0.3 is 15.8 Å². The number of pyridine rings is 1. The first-order chi connectivity index (χ1) is 9.67. The summed E-state index contributed by atoms with van der Waals surface area (Å²) >= 11 is 0. The molecule has 104 valence electrons. The molecule has 1 aromatic carbocycles. The number of hydrogen-bond donors (Lipinski definition) is 2. The zero-order valence-electron chi connectivity index (χ0n) is 11.0. The minimum atomic E-state index is -0.328. The van der Waals surface area contributed by atoms with E-state index in [4.69, 9.17) is 10.9 Å². The van der Waals surface area contributed by atoms with Gasteiger partial charge in [-0.25, -0.2) is 9.37 Å². The highest BCUT2D eigenvalue weighted by atomic mass is 19.1. The van der Waals surface area contributed by atoms with Gasteiger partial charge in [0, 0.05) is 18.3 Å². The Bertz CT molecular complexity index is 630. The van der Waals surface area contributed by atoms with Gasteiger partial charge in [-0.1, -0.05) is 17.3 Å². The molecule has 0 saturated heterocycles. The van der Waals surface area contributed by atoms with Crippen molar-refractivity contribution in [2.45, 2.75) is 6.92 Å². The second-order valence-corrected chi connectivity index (χ2v) is 4.08. The number of para-hydroxylation sites is 1. The third-order valence-electron chi connectivity index (χ3n) is 2.89. The van der Waals surface area contributed by atoms with Crippen molar-refractivity contribution in [2.75, 3.05) is 11.4 Å². The number of oxime groups is 1. The van der Waals surface area contributed by atoms with Crippen LogP contribution in [0, 0.1) is 5.82 Å². The van der Waals surface area contributed by atoms with Crippen LogP contribution in [0.1, 0.15) is 12.5 Å². The highest BCUT2D eigenvalue weighted by molar-refractivity contribution is 5.97. The molecule has 0 spiro atoms. The number of amidine groups is 1. The number of benzene rings is 1. The van der Waals surface area contributed by atoms with E-state index in [0.717, 1.165) is 0 Å². The van der Waals surface area contributed by atoms with Gasteiger partial charge in [0.25, 0.3) is 0 Å². The minimum Gasteiger partial charge on any atom is -0.409 e. The van der Waals surface area contributed by atoms with E-state index in [1.54, 1.807) is 35.2 Å². The standard InChI is InChI=1S/C14H15FN4O/c1-2-19(12-6-4-3-5-11(12)15)13-9-10(7-8-17-13)14(16)18-20/h3-9,20H,2H2,1H3,(H2,16,18). The molecular weight excluding hydrogens is 259 g/mol. The van der Waals surface area contributed by atoms with Crippen molar-refractivity contribution in [1.82, 2.24) is 4.98 Å². The summed E-state index contributed by atoms with van der Waals surface area (Å²) in [6.45, 7) is 2.43. The summed E-state index contributed by atoms with van der Waals surface area (Å²) in [5, 5.41) is 11.7. The van der Waals surface area contributed by atoms with Crippen LogP contribution in [0.4, 0.5) is 15.9 Å². The van der Waals surface area contributed by atoms with Crippen molar-refractivity contribution in [1.29, 1.82) is 0 Å². The summed E-state index contributed by atoms with van der Waals surface area (Å²) in [5.74, 6) is 0.185. The molecule has 20 heavy (non-hydrogen) atoms. The fraction of sp³-hybridized carbons (Fsp3) is 0.143. The molecule has 3 N–H and O–H groups in total. The minimum absolute atomic E-state index is 0.0155. The molecule has 0 aliphatic carbocycles. The molecule has 5 nitrogen and oxygen atoms in total. The van der Waals surface area contributed by atoms with Crippen molar-refractivity contribution in [3.8, 4) is 0 Å². The number of anilines is 2. The third-order valence-corrected chi connectivity index (χ3v) is 2.89. The van der Waals surface area contributed by atoms with E-state index in [2.05, 4.69) is 10.1 Å². The fourth-order valence-electron chi connectivity index (χ4n) is 1.91. The van der Waals surface area contributed by atoms with E-state index in [0.29, 0.717) is 23.6 Å². The number of rotatable bonds is 4. The molecule has 1 heterocycles. The van der Waals surface area contributed by atoms with Gasteiger partial charge in [-0.15, -0.1) is 0 Å². The molecular formula is C14H15FN4O. The van der Waals surface area contributed by atoms with Gasteiger partial charge in [0.05, 0.1) is 5.69 Å². The van der Waals surface area contributed by atoms with Crippen molar-refractivity contribution < 1.29 is 9.60 Å². The van der Waals surface area contributed by atoms with E-state index in [1.165, 1.54) is 12.3 Å². The second kappa shape index (κ2) is 6.01. The maximum atomic E-state index is 13.9. The SMILES string of the molecule is CCN(c1cc(C(N)=NO)ccn1)c1ccccc1F. The third kappa shape index (κ3) is 2.69. The molecule has 0 aliphatic heterocycles. The first-order valence-electron chi connectivity index (χ1n) is 6.13. The van der Waals surface area contributed by atoms with Crippen molar-refractivity contribution in [3.05, 3.63) is 54.0 Å². The van der Waals surface area contributed by atoms with Crippen molar-refractivity contribution >= 4 is 17.3 Å². The first-order valence-corrected chi connectivity index (χ1v) is 6.13. The van der Waals surface area contributed by atoms with Gasteiger partial charge in [-0.3, -0.25) is 0 Å². The van der Waals surface area contributed by atoms with E-state index >= 15 is 0 Å². The molecule has 0 unspecified atom stereocenters. The van der Waals surface area contributed by atoms with E-state index in [9.17, 15) is 4.39 Å². The number of hydrogen-bond acceptors (Lipinski definition) is 4. The zero-order chi connectivity index (χ0) is 14.5. The molecule has 0 saturated carbocycles. The van der Waals surface area contributed by atoms with Crippen LogP contribution in [0.25, 0.3) is 0 Å². The lowest BCUT2D eigenvalue weighted by atomic mass is 10.2. The Labute approximate surface area is 116 Å². The average Bonchev–Trinajstić information content (AvgIpc) is 2.49. The Kier molecular flexibility index (Phi) is 4.14. The first kappa shape index (κ1) is 13.8. The Morgan fingerprint density at radius 1 is 1.40 bits per heavy atom. The van der Waals surface area contributed by atoms with Crippen LogP contribution in [-0.4, -0.2) is 22.6 Å². The summed E-state index contributed by atoms with van der Waals surface area (Å²) < 4.78 is 13.9. The average molecular weight is 274 g/mol. The topological polar surface area (TPSA) is 74.7 Å². The van der Waals surface area contributed by atoms with Gasteiger partial charge in [0.15, 0.2) is 5.84 Å². The Hall–Kier alpha value is -2.63. The summed E-state index contributed by atoms with van der Waals surface area (Å²) in [5.41, 5.74) is 6.50. The summed E-state index contributed by atoms with van der Waals surface area (Å²) in [6, 6.07) is 9.72. The molecule has 2 rings (SSSR count). The molecule has 0 amide bonds. The van der Waals surface area contributed by atoms with Crippen LogP contribution in [0.5, 0.6) is 0 Å². The van der Waals surface area contributed by atoms with Crippen LogP contribution in [0.2, 0.25) is 0 Å². The van der Waals surface area contributed by atoms with Crippen LogP contribution in [-0.2, 0) is 0 Å². The molecule has 1 aromatic heterocycles. The van der Waals surface area contributed by atoms with E-state index in [-0.39, 0.29) is 11.7 Å². The number of halogens is 1. The highest BCUT2D eigenvalue weighted by Gasteiger charge is 2.13.